The number of aliphatic hydroxyl groups excluding tert-OH is 1. The molecule has 2 rings (SSSR count). The van der Waals surface area contributed by atoms with E-state index in [-0.39, 0.29) is 12.5 Å². The third kappa shape index (κ3) is 2.62. The second kappa shape index (κ2) is 4.97. The summed E-state index contributed by atoms with van der Waals surface area (Å²) in [7, 11) is 0. The van der Waals surface area contributed by atoms with E-state index in [1.54, 1.807) is 11.0 Å². The zero-order valence-electron chi connectivity index (χ0n) is 8.90. The first kappa shape index (κ1) is 11.6. The smallest absolute Gasteiger partial charge is 0.254 e. The second-order valence-corrected chi connectivity index (χ2v) is 4.88. The number of nitrogens with zero attached hydrogens (tertiary/aromatic N) is 1. The van der Waals surface area contributed by atoms with Gasteiger partial charge in [0.2, 0.25) is 0 Å². The van der Waals surface area contributed by atoms with Crippen LogP contribution in [0.25, 0.3) is 0 Å². The van der Waals surface area contributed by atoms with E-state index in [2.05, 4.69) is 15.9 Å². The molecule has 1 aromatic rings. The van der Waals surface area contributed by atoms with Gasteiger partial charge in [-0.2, -0.15) is 0 Å². The number of aliphatic hydroxyl groups is 1. The molecule has 16 heavy (non-hydrogen) atoms. The molecule has 1 aliphatic rings. The fraction of sp³-hybridized carbons (Fsp3) is 0.417. The Labute approximate surface area is 103 Å². The van der Waals surface area contributed by atoms with E-state index >= 15 is 0 Å². The molecule has 0 atom stereocenters. The highest BCUT2D eigenvalue weighted by Gasteiger charge is 2.32. The number of rotatable bonds is 4. The maximum atomic E-state index is 12.2. The summed E-state index contributed by atoms with van der Waals surface area (Å²) in [6.07, 6.45) is 2.11. The van der Waals surface area contributed by atoms with Crippen LogP contribution in [0, 0.1) is 0 Å². The Bertz CT molecular complexity index is 390. The van der Waals surface area contributed by atoms with Crippen LogP contribution in [0.3, 0.4) is 0 Å². The van der Waals surface area contributed by atoms with Crippen molar-refractivity contribution in [2.75, 3.05) is 13.2 Å². The van der Waals surface area contributed by atoms with Crippen LogP contribution in [-0.4, -0.2) is 35.1 Å². The Morgan fingerprint density at radius 2 is 2.25 bits per heavy atom. The highest BCUT2D eigenvalue weighted by atomic mass is 79.9. The predicted octanol–water partition coefficient (Wildman–Crippen LogP) is 2.05. The molecule has 0 saturated heterocycles. The van der Waals surface area contributed by atoms with E-state index < -0.39 is 0 Å². The highest BCUT2D eigenvalue weighted by Crippen LogP contribution is 2.28. The van der Waals surface area contributed by atoms with Crippen molar-refractivity contribution in [1.29, 1.82) is 0 Å². The summed E-state index contributed by atoms with van der Waals surface area (Å²) in [5.41, 5.74) is 0.676. The number of hydrogen-bond acceptors (Lipinski definition) is 2. The van der Waals surface area contributed by atoms with Gasteiger partial charge in [-0.05, 0) is 31.0 Å². The molecule has 1 aliphatic carbocycles. The number of halogens is 1. The van der Waals surface area contributed by atoms with E-state index in [1.165, 1.54) is 0 Å². The SMILES string of the molecule is O=C(c1cccc(Br)c1)N(CCO)C1CC1. The largest absolute Gasteiger partial charge is 0.395 e. The van der Waals surface area contributed by atoms with Gasteiger partial charge >= 0.3 is 0 Å². The fourth-order valence-electron chi connectivity index (χ4n) is 1.73. The maximum Gasteiger partial charge on any atom is 0.254 e. The summed E-state index contributed by atoms with van der Waals surface area (Å²) >= 11 is 3.35. The van der Waals surface area contributed by atoms with Gasteiger partial charge in [0.15, 0.2) is 0 Å². The van der Waals surface area contributed by atoms with Gasteiger partial charge in [-0.15, -0.1) is 0 Å². The topological polar surface area (TPSA) is 40.5 Å². The number of benzene rings is 1. The molecule has 0 aromatic heterocycles. The van der Waals surface area contributed by atoms with Crippen LogP contribution in [0.4, 0.5) is 0 Å². The van der Waals surface area contributed by atoms with E-state index in [0.29, 0.717) is 18.2 Å². The molecule has 86 valence electrons. The summed E-state index contributed by atoms with van der Waals surface area (Å²) in [5.74, 6) is 0.0119. The summed E-state index contributed by atoms with van der Waals surface area (Å²) in [6, 6.07) is 7.69. The normalized spacial score (nSPS) is 14.9. The summed E-state index contributed by atoms with van der Waals surface area (Å²) < 4.78 is 0.901. The minimum Gasteiger partial charge on any atom is -0.395 e. The lowest BCUT2D eigenvalue weighted by Crippen LogP contribution is -2.35. The van der Waals surface area contributed by atoms with Gasteiger partial charge in [0.1, 0.15) is 0 Å². The molecule has 1 N–H and O–H groups in total. The summed E-state index contributed by atoms with van der Waals surface area (Å²) in [6.45, 7) is 0.451. The quantitative estimate of drug-likeness (QED) is 0.919. The number of carbonyl (C=O) groups is 1. The molecule has 0 radical (unpaired) electrons. The average Bonchev–Trinajstić information content (AvgIpc) is 3.09. The molecule has 3 nitrogen and oxygen atoms in total. The maximum absolute atomic E-state index is 12.2. The Hall–Kier alpha value is -0.870. The van der Waals surface area contributed by atoms with Crippen LogP contribution in [0.2, 0.25) is 0 Å². The van der Waals surface area contributed by atoms with Crippen LogP contribution in [0.15, 0.2) is 28.7 Å². The molecule has 1 amide bonds. The Morgan fingerprint density at radius 3 is 2.81 bits per heavy atom. The van der Waals surface area contributed by atoms with Gasteiger partial charge in [0, 0.05) is 22.6 Å². The van der Waals surface area contributed by atoms with Gasteiger partial charge in [-0.1, -0.05) is 22.0 Å². The third-order valence-corrected chi connectivity index (χ3v) is 3.15. The summed E-state index contributed by atoms with van der Waals surface area (Å²) in [5, 5.41) is 8.96. The van der Waals surface area contributed by atoms with Gasteiger partial charge in [-0.3, -0.25) is 4.79 Å². The first-order valence-corrected chi connectivity index (χ1v) is 6.19. The minimum absolute atomic E-state index is 0.0119. The van der Waals surface area contributed by atoms with Crippen LogP contribution >= 0.6 is 15.9 Å². The van der Waals surface area contributed by atoms with Gasteiger partial charge in [0.25, 0.3) is 5.91 Å². The van der Waals surface area contributed by atoms with E-state index in [9.17, 15) is 4.79 Å². The lowest BCUT2D eigenvalue weighted by molar-refractivity contribution is 0.0707. The number of amides is 1. The summed E-state index contributed by atoms with van der Waals surface area (Å²) in [4.78, 5) is 13.9. The molecule has 1 aromatic carbocycles. The zero-order chi connectivity index (χ0) is 11.5. The van der Waals surface area contributed by atoms with Gasteiger partial charge in [0.05, 0.1) is 6.61 Å². The zero-order valence-corrected chi connectivity index (χ0v) is 10.5. The Kier molecular flexibility index (Phi) is 3.61. The standard InChI is InChI=1S/C12H14BrNO2/c13-10-3-1-2-9(8-10)12(16)14(6-7-15)11-4-5-11/h1-3,8,11,15H,4-7H2. The van der Waals surface area contributed by atoms with Crippen molar-refractivity contribution >= 4 is 21.8 Å². The molecule has 1 saturated carbocycles. The van der Waals surface area contributed by atoms with Gasteiger partial charge < -0.3 is 10.0 Å². The molecule has 0 unspecified atom stereocenters. The minimum atomic E-state index is 0.0119. The predicted molar refractivity (Wildman–Crippen MR) is 65.3 cm³/mol. The van der Waals surface area contributed by atoms with Crippen LogP contribution < -0.4 is 0 Å². The molecule has 0 heterocycles. The lowest BCUT2D eigenvalue weighted by atomic mass is 10.2. The molecule has 0 bridgehead atoms. The molecule has 1 fully saturated rings. The van der Waals surface area contributed by atoms with Crippen LogP contribution in [-0.2, 0) is 0 Å². The van der Waals surface area contributed by atoms with E-state index in [4.69, 9.17) is 5.11 Å². The van der Waals surface area contributed by atoms with Gasteiger partial charge in [-0.25, -0.2) is 0 Å². The second-order valence-electron chi connectivity index (χ2n) is 3.96. The number of hydrogen-bond donors (Lipinski definition) is 1. The van der Waals surface area contributed by atoms with Crippen molar-refractivity contribution in [3.63, 3.8) is 0 Å². The molecule has 0 aliphatic heterocycles. The van der Waals surface area contributed by atoms with Crippen molar-refractivity contribution in [3.8, 4) is 0 Å². The van der Waals surface area contributed by atoms with E-state index in [1.807, 2.05) is 18.2 Å². The van der Waals surface area contributed by atoms with E-state index in [0.717, 1.165) is 17.3 Å². The highest BCUT2D eigenvalue weighted by molar-refractivity contribution is 9.10. The molecular formula is C12H14BrNO2. The fourth-order valence-corrected chi connectivity index (χ4v) is 2.13. The number of carbonyl (C=O) groups excluding carboxylic acids is 1. The van der Waals surface area contributed by atoms with Crippen molar-refractivity contribution in [3.05, 3.63) is 34.3 Å². The Morgan fingerprint density at radius 1 is 1.50 bits per heavy atom. The van der Waals surface area contributed by atoms with Crippen molar-refractivity contribution in [2.24, 2.45) is 0 Å². The first-order valence-electron chi connectivity index (χ1n) is 5.40. The third-order valence-electron chi connectivity index (χ3n) is 2.66. The molecule has 4 heteroatoms. The monoisotopic (exact) mass is 283 g/mol. The lowest BCUT2D eigenvalue weighted by Gasteiger charge is -2.21. The van der Waals surface area contributed by atoms with Crippen LogP contribution in [0.5, 0.6) is 0 Å². The van der Waals surface area contributed by atoms with Crippen LogP contribution in [0.1, 0.15) is 23.2 Å². The van der Waals surface area contributed by atoms with Crippen molar-refractivity contribution < 1.29 is 9.90 Å². The Balaban J connectivity index is 2.15. The molecular weight excluding hydrogens is 270 g/mol. The van der Waals surface area contributed by atoms with Crippen molar-refractivity contribution in [2.45, 2.75) is 18.9 Å². The van der Waals surface area contributed by atoms with Crippen molar-refractivity contribution in [1.82, 2.24) is 4.90 Å². The average molecular weight is 284 g/mol. The first-order chi connectivity index (χ1) is 7.72. The molecule has 0 spiro atoms.